The van der Waals surface area contributed by atoms with Gasteiger partial charge in [-0.3, -0.25) is 4.90 Å². The van der Waals surface area contributed by atoms with Crippen molar-refractivity contribution in [2.45, 2.75) is 69.8 Å². The molecule has 0 bridgehead atoms. The zero-order valence-corrected chi connectivity index (χ0v) is 19.0. The van der Waals surface area contributed by atoms with E-state index in [1.54, 1.807) is 12.1 Å². The van der Waals surface area contributed by atoms with Crippen molar-refractivity contribution in [1.29, 1.82) is 5.26 Å². The molecule has 1 N–H and O–H groups in total. The van der Waals surface area contributed by atoms with Gasteiger partial charge >= 0.3 is 12.1 Å². The van der Waals surface area contributed by atoms with Crippen molar-refractivity contribution in [3.8, 4) is 6.07 Å². The average molecular weight is 445 g/mol. The topological polar surface area (TPSA) is 85.7 Å². The van der Waals surface area contributed by atoms with Crippen LogP contribution >= 0.6 is 0 Å². The Kier molecular flexibility index (Phi) is 5.24. The molecular formula is C26H28N4O3. The van der Waals surface area contributed by atoms with E-state index in [-0.39, 0.29) is 30.2 Å². The van der Waals surface area contributed by atoms with Gasteiger partial charge in [-0.25, -0.2) is 9.59 Å². The summed E-state index contributed by atoms with van der Waals surface area (Å²) in [5.74, 6) is 0. The quantitative estimate of drug-likeness (QED) is 0.706. The van der Waals surface area contributed by atoms with Crippen LogP contribution in [0.2, 0.25) is 0 Å². The van der Waals surface area contributed by atoms with Gasteiger partial charge in [-0.05, 0) is 68.9 Å². The van der Waals surface area contributed by atoms with Gasteiger partial charge in [0, 0.05) is 24.3 Å². The van der Waals surface area contributed by atoms with Crippen molar-refractivity contribution in [2.24, 2.45) is 0 Å². The third-order valence-electron chi connectivity index (χ3n) is 7.19. The number of nitriles is 1. The molecule has 3 amide bonds. The molecule has 2 heterocycles. The molecule has 0 aromatic heterocycles. The summed E-state index contributed by atoms with van der Waals surface area (Å²) in [4.78, 5) is 29.5. The van der Waals surface area contributed by atoms with E-state index >= 15 is 0 Å². The fraction of sp³-hybridized carbons (Fsp3) is 0.423. The Morgan fingerprint density at radius 2 is 1.73 bits per heavy atom. The van der Waals surface area contributed by atoms with Gasteiger partial charge in [-0.1, -0.05) is 30.3 Å². The second-order valence-corrected chi connectivity index (χ2v) is 9.70. The van der Waals surface area contributed by atoms with Crippen molar-refractivity contribution in [3.63, 3.8) is 0 Å². The number of hydrogen-bond donors (Lipinski definition) is 1. The van der Waals surface area contributed by atoms with Gasteiger partial charge < -0.3 is 15.0 Å². The van der Waals surface area contributed by atoms with Gasteiger partial charge in [-0.15, -0.1) is 0 Å². The lowest BCUT2D eigenvalue weighted by molar-refractivity contribution is 0.0657. The Morgan fingerprint density at radius 1 is 1.03 bits per heavy atom. The summed E-state index contributed by atoms with van der Waals surface area (Å²) < 4.78 is 5.79. The molecule has 2 fully saturated rings. The molecule has 2 aromatic carbocycles. The molecule has 7 heteroatoms. The highest BCUT2D eigenvalue weighted by Gasteiger charge is 2.51. The summed E-state index contributed by atoms with van der Waals surface area (Å²) in [5.41, 5.74) is 2.80. The average Bonchev–Trinajstić information content (AvgIpc) is 3.07. The fourth-order valence-electron chi connectivity index (χ4n) is 5.63. The Labute approximate surface area is 193 Å². The number of nitrogens with one attached hydrogen (secondary N) is 1. The summed E-state index contributed by atoms with van der Waals surface area (Å²) in [7, 11) is 0. The number of amides is 3. The van der Waals surface area contributed by atoms with E-state index in [0.29, 0.717) is 12.1 Å². The normalized spacial score (nSPS) is 26.3. The summed E-state index contributed by atoms with van der Waals surface area (Å²) in [6.07, 6.45) is 3.00. The van der Waals surface area contributed by atoms with Crippen LogP contribution in [0.3, 0.4) is 0 Å². The number of hydrogen-bond acceptors (Lipinski definition) is 4. The third-order valence-corrected chi connectivity index (χ3v) is 7.19. The van der Waals surface area contributed by atoms with Crippen LogP contribution in [0.5, 0.6) is 0 Å². The van der Waals surface area contributed by atoms with Crippen LogP contribution in [0.25, 0.3) is 0 Å². The van der Waals surface area contributed by atoms with Crippen LogP contribution in [0, 0.1) is 11.3 Å². The highest BCUT2D eigenvalue weighted by atomic mass is 16.6. The van der Waals surface area contributed by atoms with Gasteiger partial charge in [0.15, 0.2) is 0 Å². The van der Waals surface area contributed by atoms with Crippen molar-refractivity contribution in [3.05, 3.63) is 65.2 Å². The number of anilines is 1. The molecule has 0 unspecified atom stereocenters. The van der Waals surface area contributed by atoms with Gasteiger partial charge in [0.05, 0.1) is 17.7 Å². The van der Waals surface area contributed by atoms with Gasteiger partial charge in [0.25, 0.3) is 0 Å². The Morgan fingerprint density at radius 3 is 2.42 bits per heavy atom. The maximum atomic E-state index is 12.9. The van der Waals surface area contributed by atoms with E-state index in [4.69, 9.17) is 4.74 Å². The Bertz CT molecular complexity index is 1120. The fourth-order valence-corrected chi connectivity index (χ4v) is 5.63. The van der Waals surface area contributed by atoms with E-state index in [2.05, 4.69) is 23.5 Å². The molecular weight excluding hydrogens is 416 g/mol. The van der Waals surface area contributed by atoms with Crippen LogP contribution in [0.1, 0.15) is 62.3 Å². The minimum absolute atomic E-state index is 0.0751. The number of rotatable bonds is 3. The minimum Gasteiger partial charge on any atom is -0.441 e. The summed E-state index contributed by atoms with van der Waals surface area (Å²) in [5, 5.41) is 12.2. The molecule has 170 valence electrons. The van der Waals surface area contributed by atoms with E-state index in [9.17, 15) is 14.9 Å². The molecule has 2 aliphatic heterocycles. The van der Waals surface area contributed by atoms with Crippen molar-refractivity contribution >= 4 is 17.8 Å². The molecule has 0 spiro atoms. The number of urea groups is 1. The predicted octanol–water partition coefficient (Wildman–Crippen LogP) is 5.19. The molecule has 33 heavy (non-hydrogen) atoms. The van der Waals surface area contributed by atoms with Gasteiger partial charge in [-0.2, -0.15) is 5.26 Å². The first kappa shape index (κ1) is 21.3. The second kappa shape index (κ2) is 8.11. The van der Waals surface area contributed by atoms with Crippen LogP contribution in [-0.4, -0.2) is 39.6 Å². The molecule has 1 atom stereocenters. The van der Waals surface area contributed by atoms with E-state index in [0.717, 1.165) is 42.5 Å². The molecule has 3 aliphatic rings. The molecule has 2 aromatic rings. The number of ether oxygens (including phenoxy) is 1. The first-order valence-electron chi connectivity index (χ1n) is 11.5. The van der Waals surface area contributed by atoms with Crippen molar-refractivity contribution in [1.82, 2.24) is 9.80 Å². The lowest BCUT2D eigenvalue weighted by Gasteiger charge is -2.42. The van der Waals surface area contributed by atoms with Crippen LogP contribution < -0.4 is 5.32 Å². The first-order valence-corrected chi connectivity index (χ1v) is 11.5. The Hall–Kier alpha value is -3.53. The molecule has 7 nitrogen and oxygen atoms in total. The summed E-state index contributed by atoms with van der Waals surface area (Å²) in [6.45, 7) is 4.44. The van der Waals surface area contributed by atoms with Crippen LogP contribution in [0.4, 0.5) is 15.3 Å². The van der Waals surface area contributed by atoms with E-state index < -0.39 is 5.60 Å². The number of fused-ring (bicyclic) bond motifs is 1. The first-order chi connectivity index (χ1) is 15.9. The second-order valence-electron chi connectivity index (χ2n) is 9.70. The third kappa shape index (κ3) is 3.80. The molecule has 1 saturated heterocycles. The number of nitrogens with zero attached hydrogens (tertiary/aromatic N) is 3. The van der Waals surface area contributed by atoms with Crippen molar-refractivity contribution < 1.29 is 14.3 Å². The highest BCUT2D eigenvalue weighted by molar-refractivity contribution is 5.92. The smallest absolute Gasteiger partial charge is 0.411 e. The maximum Gasteiger partial charge on any atom is 0.411 e. The minimum atomic E-state index is -0.607. The zero-order chi connectivity index (χ0) is 23.2. The number of cyclic esters (lactones) is 1. The van der Waals surface area contributed by atoms with Gasteiger partial charge in [0.1, 0.15) is 5.60 Å². The molecule has 0 radical (unpaired) electrons. The number of benzene rings is 2. The van der Waals surface area contributed by atoms with E-state index in [1.807, 2.05) is 47.9 Å². The predicted molar refractivity (Wildman–Crippen MR) is 123 cm³/mol. The van der Waals surface area contributed by atoms with Crippen LogP contribution in [-0.2, 0) is 11.3 Å². The largest absolute Gasteiger partial charge is 0.441 e. The lowest BCUT2D eigenvalue weighted by Crippen LogP contribution is -2.49. The standard InChI is InChI=1S/C26H28N4O3/c1-26(2)23(18-6-4-3-5-7-18)30(25(32)33-26)21-11-9-20(10-12-21)29-16-19-14-17(15-27)8-13-22(19)28-24(29)31/h3-8,13-14,20-21,23H,9-12,16H2,1-2H3,(H,28,31)/t20-,21-,23-/m0/s1. The molecule has 1 saturated carbocycles. The van der Waals surface area contributed by atoms with E-state index in [1.165, 1.54) is 0 Å². The number of carbonyl (C=O) groups is 2. The lowest BCUT2D eigenvalue weighted by atomic mass is 9.85. The van der Waals surface area contributed by atoms with Gasteiger partial charge in [0.2, 0.25) is 0 Å². The zero-order valence-electron chi connectivity index (χ0n) is 19.0. The molecule has 1 aliphatic carbocycles. The summed E-state index contributed by atoms with van der Waals surface area (Å²) in [6, 6.07) is 17.5. The SMILES string of the molecule is CC1(C)OC(=O)N([C@H]2CC[C@H](N3Cc4cc(C#N)ccc4NC3=O)CC2)[C@H]1c1ccccc1. The Balaban J connectivity index is 1.31. The van der Waals surface area contributed by atoms with Crippen molar-refractivity contribution in [2.75, 3.05) is 5.32 Å². The monoisotopic (exact) mass is 444 g/mol. The summed E-state index contributed by atoms with van der Waals surface area (Å²) >= 11 is 0. The molecule has 5 rings (SSSR count). The highest BCUT2D eigenvalue weighted by Crippen LogP contribution is 2.45. The van der Waals surface area contributed by atoms with Crippen LogP contribution in [0.15, 0.2) is 48.5 Å². The maximum absolute atomic E-state index is 12.9. The number of carbonyl (C=O) groups excluding carboxylic acids is 2.